The van der Waals surface area contributed by atoms with Crippen molar-refractivity contribution in [1.82, 2.24) is 5.32 Å². The van der Waals surface area contributed by atoms with E-state index in [0.717, 1.165) is 5.56 Å². The van der Waals surface area contributed by atoms with Crippen LogP contribution in [0.4, 0.5) is 5.69 Å². The van der Waals surface area contributed by atoms with Crippen molar-refractivity contribution in [2.24, 2.45) is 5.11 Å². The Morgan fingerprint density at radius 1 is 1.56 bits per heavy atom. The lowest BCUT2D eigenvalue weighted by Crippen LogP contribution is -2.19. The number of nitrogens with one attached hydrogen (secondary N) is 1. The van der Waals surface area contributed by atoms with Gasteiger partial charge in [-0.3, -0.25) is 4.79 Å². The molecule has 5 heteroatoms. The summed E-state index contributed by atoms with van der Waals surface area (Å²) in [4.78, 5) is 13.4. The first-order chi connectivity index (χ1) is 7.74. The largest absolute Gasteiger partial charge is 0.353 e. The van der Waals surface area contributed by atoms with Crippen molar-refractivity contribution < 1.29 is 4.79 Å². The highest BCUT2D eigenvalue weighted by Gasteiger charge is 1.94. The lowest BCUT2D eigenvalue weighted by Gasteiger charge is -1.98. The lowest BCUT2D eigenvalue weighted by atomic mass is 10.1. The molecule has 0 aliphatic heterocycles. The number of hydrogen-bond acceptors (Lipinski definition) is 2. The van der Waals surface area contributed by atoms with Crippen molar-refractivity contribution in [1.29, 1.82) is 0 Å². The molecule has 1 aromatic rings. The molecule has 1 N–H and O–H groups in total. The molecule has 0 radical (unpaired) electrons. The minimum atomic E-state index is -0.0759. The Kier molecular flexibility index (Phi) is 4.63. The van der Waals surface area contributed by atoms with E-state index in [1.54, 1.807) is 24.3 Å². The van der Waals surface area contributed by atoms with Gasteiger partial charge in [-0.25, -0.2) is 0 Å². The normalized spacial score (nSPS) is 9.81. The average molecular weight is 216 g/mol. The van der Waals surface area contributed by atoms with E-state index in [2.05, 4.69) is 15.3 Å². The van der Waals surface area contributed by atoms with Crippen LogP contribution in [0.2, 0.25) is 0 Å². The molecule has 0 aromatic heterocycles. The standard InChI is InChI=1S/C11H12N4O/c1-9(16)13-8-4-6-10-5-2-3-7-11(10)14-15-12/h2-7H,8H2,1H3,(H,13,16). The molecule has 82 valence electrons. The SMILES string of the molecule is CC(=O)NCC=Cc1ccccc1N=[N+]=[N-]. The molecule has 0 unspecified atom stereocenters. The van der Waals surface area contributed by atoms with Gasteiger partial charge in [-0.05, 0) is 11.1 Å². The van der Waals surface area contributed by atoms with Gasteiger partial charge in [0.05, 0.1) is 0 Å². The molecule has 1 aromatic carbocycles. The summed E-state index contributed by atoms with van der Waals surface area (Å²) < 4.78 is 0. The van der Waals surface area contributed by atoms with Gasteiger partial charge in [0.15, 0.2) is 0 Å². The smallest absolute Gasteiger partial charge is 0.217 e. The van der Waals surface area contributed by atoms with Crippen molar-refractivity contribution in [3.8, 4) is 0 Å². The van der Waals surface area contributed by atoms with Crippen molar-refractivity contribution >= 4 is 17.7 Å². The predicted octanol–water partition coefficient (Wildman–Crippen LogP) is 2.78. The summed E-state index contributed by atoms with van der Waals surface area (Å²) in [7, 11) is 0. The van der Waals surface area contributed by atoms with Crippen LogP contribution >= 0.6 is 0 Å². The zero-order valence-electron chi connectivity index (χ0n) is 8.92. The zero-order chi connectivity index (χ0) is 11.8. The van der Waals surface area contributed by atoms with Gasteiger partial charge in [-0.15, -0.1) is 0 Å². The van der Waals surface area contributed by atoms with Gasteiger partial charge in [0.2, 0.25) is 5.91 Å². The summed E-state index contributed by atoms with van der Waals surface area (Å²) in [6, 6.07) is 7.23. The van der Waals surface area contributed by atoms with Crippen LogP contribution < -0.4 is 5.32 Å². The summed E-state index contributed by atoms with van der Waals surface area (Å²) >= 11 is 0. The number of nitrogens with zero attached hydrogens (tertiary/aromatic N) is 3. The molecular weight excluding hydrogens is 204 g/mol. The molecule has 16 heavy (non-hydrogen) atoms. The third-order valence-electron chi connectivity index (χ3n) is 1.86. The molecule has 0 atom stereocenters. The van der Waals surface area contributed by atoms with Crippen LogP contribution in [0.25, 0.3) is 16.5 Å². The monoisotopic (exact) mass is 216 g/mol. The molecule has 0 heterocycles. The first kappa shape index (κ1) is 11.8. The molecule has 0 aliphatic rings. The van der Waals surface area contributed by atoms with Crippen LogP contribution in [-0.2, 0) is 4.79 Å². The van der Waals surface area contributed by atoms with Gasteiger partial charge in [0, 0.05) is 24.1 Å². The highest BCUT2D eigenvalue weighted by Crippen LogP contribution is 2.19. The third-order valence-corrected chi connectivity index (χ3v) is 1.86. The quantitative estimate of drug-likeness (QED) is 0.468. The Labute approximate surface area is 93.4 Å². The molecule has 0 saturated carbocycles. The second kappa shape index (κ2) is 6.27. The number of amides is 1. The first-order valence-electron chi connectivity index (χ1n) is 4.79. The molecule has 0 spiro atoms. The Morgan fingerprint density at radius 3 is 3.00 bits per heavy atom. The maximum absolute atomic E-state index is 10.6. The number of benzene rings is 1. The second-order valence-electron chi connectivity index (χ2n) is 3.09. The Bertz CT molecular complexity index is 447. The minimum absolute atomic E-state index is 0.0759. The highest BCUT2D eigenvalue weighted by molar-refractivity contribution is 5.73. The Balaban J connectivity index is 2.72. The van der Waals surface area contributed by atoms with E-state index in [1.807, 2.05) is 12.1 Å². The van der Waals surface area contributed by atoms with E-state index in [9.17, 15) is 4.79 Å². The second-order valence-corrected chi connectivity index (χ2v) is 3.09. The van der Waals surface area contributed by atoms with Crippen LogP contribution in [0.5, 0.6) is 0 Å². The van der Waals surface area contributed by atoms with Crippen LogP contribution in [0, 0.1) is 0 Å². The van der Waals surface area contributed by atoms with E-state index in [-0.39, 0.29) is 5.91 Å². The van der Waals surface area contributed by atoms with Crippen LogP contribution in [-0.4, -0.2) is 12.5 Å². The summed E-state index contributed by atoms with van der Waals surface area (Å²) in [5.41, 5.74) is 9.76. The summed E-state index contributed by atoms with van der Waals surface area (Å²) in [6.45, 7) is 1.92. The fraction of sp³-hybridized carbons (Fsp3) is 0.182. The first-order valence-corrected chi connectivity index (χ1v) is 4.79. The Hall–Kier alpha value is -2.26. The molecule has 0 fully saturated rings. The predicted molar refractivity (Wildman–Crippen MR) is 63.0 cm³/mol. The molecule has 0 aliphatic carbocycles. The van der Waals surface area contributed by atoms with Gasteiger partial charge in [-0.1, -0.05) is 41.5 Å². The molecule has 0 saturated heterocycles. The minimum Gasteiger partial charge on any atom is -0.353 e. The topological polar surface area (TPSA) is 77.9 Å². The average Bonchev–Trinajstić information content (AvgIpc) is 2.26. The van der Waals surface area contributed by atoms with Gasteiger partial charge in [-0.2, -0.15) is 0 Å². The van der Waals surface area contributed by atoms with Crippen molar-refractivity contribution in [3.63, 3.8) is 0 Å². The van der Waals surface area contributed by atoms with Gasteiger partial charge >= 0.3 is 0 Å². The number of carbonyl (C=O) groups is 1. The molecule has 0 bridgehead atoms. The van der Waals surface area contributed by atoms with E-state index in [4.69, 9.17) is 5.53 Å². The van der Waals surface area contributed by atoms with E-state index in [1.165, 1.54) is 6.92 Å². The third kappa shape index (κ3) is 3.86. The molecule has 5 nitrogen and oxygen atoms in total. The summed E-state index contributed by atoms with van der Waals surface area (Å²) in [5, 5.41) is 6.20. The van der Waals surface area contributed by atoms with E-state index >= 15 is 0 Å². The molecule has 1 amide bonds. The summed E-state index contributed by atoms with van der Waals surface area (Å²) in [5.74, 6) is -0.0759. The molecule has 1 rings (SSSR count). The van der Waals surface area contributed by atoms with Crippen molar-refractivity contribution in [3.05, 3.63) is 46.3 Å². The van der Waals surface area contributed by atoms with Gasteiger partial charge in [0.1, 0.15) is 0 Å². The maximum Gasteiger partial charge on any atom is 0.217 e. The number of azide groups is 1. The summed E-state index contributed by atoms with van der Waals surface area (Å²) in [6.07, 6.45) is 3.60. The van der Waals surface area contributed by atoms with Crippen molar-refractivity contribution in [2.75, 3.05) is 6.54 Å². The molecular formula is C11H12N4O. The fourth-order valence-corrected chi connectivity index (χ4v) is 1.16. The van der Waals surface area contributed by atoms with E-state index in [0.29, 0.717) is 12.2 Å². The zero-order valence-corrected chi connectivity index (χ0v) is 8.92. The number of rotatable bonds is 4. The van der Waals surface area contributed by atoms with Gasteiger partial charge in [0.25, 0.3) is 0 Å². The van der Waals surface area contributed by atoms with Gasteiger partial charge < -0.3 is 5.32 Å². The number of carbonyl (C=O) groups excluding carboxylic acids is 1. The van der Waals surface area contributed by atoms with E-state index < -0.39 is 0 Å². The van der Waals surface area contributed by atoms with Crippen LogP contribution in [0.3, 0.4) is 0 Å². The van der Waals surface area contributed by atoms with Crippen molar-refractivity contribution in [2.45, 2.75) is 6.92 Å². The lowest BCUT2D eigenvalue weighted by molar-refractivity contribution is -0.118. The van der Waals surface area contributed by atoms with Crippen LogP contribution in [0.15, 0.2) is 35.5 Å². The fourth-order valence-electron chi connectivity index (χ4n) is 1.16. The highest BCUT2D eigenvalue weighted by atomic mass is 16.1. The maximum atomic E-state index is 10.6. The van der Waals surface area contributed by atoms with Crippen LogP contribution in [0.1, 0.15) is 12.5 Å². The number of hydrogen-bond donors (Lipinski definition) is 1. The Morgan fingerprint density at radius 2 is 2.31 bits per heavy atom.